The Morgan fingerprint density at radius 2 is 2.00 bits per heavy atom. The van der Waals surface area contributed by atoms with Crippen molar-refractivity contribution in [3.8, 4) is 0 Å². The number of esters is 2. The van der Waals surface area contributed by atoms with Crippen LogP contribution in [0.2, 0.25) is 0 Å². The molecule has 5 heteroatoms. The number of hydrogen-bond acceptors (Lipinski definition) is 5. The lowest BCUT2D eigenvalue weighted by Crippen LogP contribution is -2.53. The molecule has 6 atom stereocenters. The standard InChI is InChI=1S/C20H28O5/c1-19-6-5-15-14(16(19)8-13(21)9-19)4-3-12(7-17(22)24-2)20(15)10-18(23)25-11-20/h12,14-16H,3-11H2,1-2H3. The van der Waals surface area contributed by atoms with Crippen molar-refractivity contribution >= 4 is 17.7 Å². The summed E-state index contributed by atoms with van der Waals surface area (Å²) in [7, 11) is 1.42. The van der Waals surface area contributed by atoms with Gasteiger partial charge in [-0.25, -0.2) is 0 Å². The normalized spacial score (nSPS) is 45.8. The number of cyclic esters (lactones) is 1. The van der Waals surface area contributed by atoms with E-state index in [9.17, 15) is 14.4 Å². The fourth-order valence-electron chi connectivity index (χ4n) is 6.84. The van der Waals surface area contributed by atoms with Crippen molar-refractivity contribution in [1.82, 2.24) is 0 Å². The minimum absolute atomic E-state index is 0.133. The summed E-state index contributed by atoms with van der Waals surface area (Å²) >= 11 is 0. The van der Waals surface area contributed by atoms with Gasteiger partial charge in [0.25, 0.3) is 0 Å². The second kappa shape index (κ2) is 5.82. The van der Waals surface area contributed by atoms with E-state index in [0.717, 1.165) is 32.1 Å². The fourth-order valence-corrected chi connectivity index (χ4v) is 6.84. The summed E-state index contributed by atoms with van der Waals surface area (Å²) in [5.41, 5.74) is -0.0980. The molecule has 0 aromatic rings. The Morgan fingerprint density at radius 3 is 2.68 bits per heavy atom. The van der Waals surface area contributed by atoms with Gasteiger partial charge in [-0.2, -0.15) is 0 Å². The van der Waals surface area contributed by atoms with Crippen LogP contribution in [-0.4, -0.2) is 31.4 Å². The molecule has 25 heavy (non-hydrogen) atoms. The molecule has 1 saturated heterocycles. The van der Waals surface area contributed by atoms with Gasteiger partial charge in [0.15, 0.2) is 0 Å². The molecule has 4 aliphatic rings. The first-order valence-corrected chi connectivity index (χ1v) is 9.62. The summed E-state index contributed by atoms with van der Waals surface area (Å²) in [4.78, 5) is 36.2. The molecule has 6 unspecified atom stereocenters. The third kappa shape index (κ3) is 2.53. The third-order valence-corrected chi connectivity index (χ3v) is 8.02. The summed E-state index contributed by atoms with van der Waals surface area (Å²) in [5, 5.41) is 0. The fraction of sp³-hybridized carbons (Fsp3) is 0.850. The van der Waals surface area contributed by atoms with Gasteiger partial charge in [0, 0.05) is 24.7 Å². The maximum atomic E-state index is 12.2. The second-order valence-corrected chi connectivity index (χ2v) is 9.11. The number of methoxy groups -OCH3 is 1. The molecule has 3 saturated carbocycles. The van der Waals surface area contributed by atoms with Crippen molar-refractivity contribution in [3.05, 3.63) is 0 Å². The van der Waals surface area contributed by atoms with Crippen LogP contribution in [0.5, 0.6) is 0 Å². The van der Waals surface area contributed by atoms with Gasteiger partial charge in [0.1, 0.15) is 5.78 Å². The van der Waals surface area contributed by atoms with E-state index in [1.54, 1.807) is 0 Å². The number of rotatable bonds is 2. The predicted molar refractivity (Wildman–Crippen MR) is 89.4 cm³/mol. The van der Waals surface area contributed by atoms with E-state index in [4.69, 9.17) is 9.47 Å². The van der Waals surface area contributed by atoms with Gasteiger partial charge >= 0.3 is 11.9 Å². The minimum atomic E-state index is -0.235. The van der Waals surface area contributed by atoms with Crippen LogP contribution < -0.4 is 0 Å². The number of ether oxygens (including phenoxy) is 2. The Kier molecular flexibility index (Phi) is 3.97. The molecule has 0 aromatic carbocycles. The van der Waals surface area contributed by atoms with Crippen LogP contribution in [0.4, 0.5) is 0 Å². The highest BCUT2D eigenvalue weighted by atomic mass is 16.5. The average molecular weight is 348 g/mol. The number of carbonyl (C=O) groups is 3. The monoisotopic (exact) mass is 348 g/mol. The van der Waals surface area contributed by atoms with Gasteiger partial charge in [-0.1, -0.05) is 6.92 Å². The Labute approximate surface area is 148 Å². The first-order valence-electron chi connectivity index (χ1n) is 9.62. The average Bonchev–Trinajstić information content (AvgIpc) is 3.09. The van der Waals surface area contributed by atoms with Crippen LogP contribution in [0.15, 0.2) is 0 Å². The lowest BCUT2D eigenvalue weighted by atomic mass is 9.47. The zero-order valence-corrected chi connectivity index (χ0v) is 15.2. The summed E-state index contributed by atoms with van der Waals surface area (Å²) in [6.07, 6.45) is 6.28. The largest absolute Gasteiger partial charge is 0.469 e. The number of fused-ring (bicyclic) bond motifs is 4. The van der Waals surface area contributed by atoms with Crippen LogP contribution >= 0.6 is 0 Å². The molecule has 1 heterocycles. The van der Waals surface area contributed by atoms with E-state index >= 15 is 0 Å². The number of Topliss-reactive ketones (excluding diaryl/α,β-unsaturated/α-hetero) is 1. The van der Waals surface area contributed by atoms with Gasteiger partial charge in [0.05, 0.1) is 20.1 Å². The molecule has 0 radical (unpaired) electrons. The molecule has 0 aromatic heterocycles. The smallest absolute Gasteiger partial charge is 0.306 e. The van der Waals surface area contributed by atoms with Crippen molar-refractivity contribution in [2.24, 2.45) is 34.5 Å². The molecular weight excluding hydrogens is 320 g/mol. The topological polar surface area (TPSA) is 69.7 Å². The maximum absolute atomic E-state index is 12.2. The first kappa shape index (κ1) is 17.0. The van der Waals surface area contributed by atoms with Crippen LogP contribution in [-0.2, 0) is 23.9 Å². The Balaban J connectivity index is 1.66. The van der Waals surface area contributed by atoms with Crippen molar-refractivity contribution in [1.29, 1.82) is 0 Å². The number of ketones is 1. The van der Waals surface area contributed by atoms with Gasteiger partial charge in [0.2, 0.25) is 0 Å². The van der Waals surface area contributed by atoms with Gasteiger partial charge in [-0.05, 0) is 54.8 Å². The molecule has 0 amide bonds. The van der Waals surface area contributed by atoms with E-state index in [1.807, 2.05) is 0 Å². The highest BCUT2D eigenvalue weighted by Crippen LogP contribution is 2.65. The molecule has 4 fully saturated rings. The van der Waals surface area contributed by atoms with Crippen molar-refractivity contribution in [2.75, 3.05) is 13.7 Å². The Bertz CT molecular complexity index is 613. The quantitative estimate of drug-likeness (QED) is 0.718. The molecule has 3 aliphatic carbocycles. The van der Waals surface area contributed by atoms with Crippen LogP contribution in [0.25, 0.3) is 0 Å². The maximum Gasteiger partial charge on any atom is 0.306 e. The highest BCUT2D eigenvalue weighted by Gasteiger charge is 2.62. The summed E-state index contributed by atoms with van der Waals surface area (Å²) in [6.45, 7) is 2.72. The summed E-state index contributed by atoms with van der Waals surface area (Å²) in [6, 6.07) is 0. The van der Waals surface area contributed by atoms with Crippen molar-refractivity contribution in [3.63, 3.8) is 0 Å². The van der Waals surface area contributed by atoms with E-state index in [-0.39, 0.29) is 28.7 Å². The van der Waals surface area contributed by atoms with Crippen LogP contribution in [0.3, 0.4) is 0 Å². The minimum Gasteiger partial charge on any atom is -0.469 e. The van der Waals surface area contributed by atoms with E-state index in [1.165, 1.54) is 7.11 Å². The second-order valence-electron chi connectivity index (χ2n) is 9.11. The summed E-state index contributed by atoms with van der Waals surface area (Å²) < 4.78 is 10.3. The predicted octanol–water partition coefficient (Wildman–Crippen LogP) is 2.90. The molecule has 1 aliphatic heterocycles. The van der Waals surface area contributed by atoms with Crippen molar-refractivity contribution in [2.45, 2.75) is 58.3 Å². The molecule has 138 valence electrons. The van der Waals surface area contributed by atoms with Crippen molar-refractivity contribution < 1.29 is 23.9 Å². The van der Waals surface area contributed by atoms with Crippen LogP contribution in [0, 0.1) is 34.5 Å². The molecule has 0 N–H and O–H groups in total. The molecule has 0 bridgehead atoms. The Hall–Kier alpha value is -1.39. The lowest BCUT2D eigenvalue weighted by molar-refractivity contribution is -0.148. The first-order chi connectivity index (χ1) is 11.9. The van der Waals surface area contributed by atoms with E-state index in [0.29, 0.717) is 49.4 Å². The molecular formula is C20H28O5. The van der Waals surface area contributed by atoms with Gasteiger partial charge in [-0.15, -0.1) is 0 Å². The SMILES string of the molecule is COC(=O)CC1CCC2C3CC(=O)CC3(C)CCC2C12COC(=O)C2. The molecule has 5 nitrogen and oxygen atoms in total. The number of hydrogen-bond donors (Lipinski definition) is 0. The zero-order valence-electron chi connectivity index (χ0n) is 15.2. The molecule has 1 spiro atoms. The Morgan fingerprint density at radius 1 is 1.20 bits per heavy atom. The van der Waals surface area contributed by atoms with Crippen LogP contribution in [0.1, 0.15) is 58.3 Å². The summed E-state index contributed by atoms with van der Waals surface area (Å²) in [5.74, 6) is 1.52. The van der Waals surface area contributed by atoms with E-state index in [2.05, 4.69) is 6.92 Å². The van der Waals surface area contributed by atoms with Gasteiger partial charge < -0.3 is 9.47 Å². The zero-order chi connectivity index (χ0) is 17.8. The van der Waals surface area contributed by atoms with Gasteiger partial charge in [-0.3, -0.25) is 14.4 Å². The van der Waals surface area contributed by atoms with E-state index < -0.39 is 0 Å². The third-order valence-electron chi connectivity index (χ3n) is 8.02. The molecule has 4 rings (SSSR count). The number of carbonyl (C=O) groups excluding carboxylic acids is 3. The lowest BCUT2D eigenvalue weighted by Gasteiger charge is -2.57. The highest BCUT2D eigenvalue weighted by molar-refractivity contribution is 5.82.